The largest absolute Gasteiger partial charge is 0.379 e. The Morgan fingerprint density at radius 3 is 3.00 bits per heavy atom. The Hall–Kier alpha value is -2.38. The van der Waals surface area contributed by atoms with Crippen LogP contribution in [0.3, 0.4) is 0 Å². The predicted octanol–water partition coefficient (Wildman–Crippen LogP) is 1.92. The van der Waals surface area contributed by atoms with Crippen molar-refractivity contribution in [3.05, 3.63) is 36.0 Å². The van der Waals surface area contributed by atoms with Crippen molar-refractivity contribution in [3.63, 3.8) is 0 Å². The van der Waals surface area contributed by atoms with Crippen molar-refractivity contribution < 1.29 is 19.1 Å². The second-order valence-electron chi connectivity index (χ2n) is 7.17. The first-order valence-corrected chi connectivity index (χ1v) is 9.92. The number of H-pyrrole nitrogens is 1. The van der Waals surface area contributed by atoms with Gasteiger partial charge in [-0.15, -0.1) is 0 Å². The summed E-state index contributed by atoms with van der Waals surface area (Å²) in [5.74, 6) is -0.403. The van der Waals surface area contributed by atoms with E-state index >= 15 is 0 Å². The number of benzene rings is 1. The summed E-state index contributed by atoms with van der Waals surface area (Å²) in [6, 6.07) is 7.31. The number of hydrogen-bond acceptors (Lipinski definition) is 4. The van der Waals surface area contributed by atoms with E-state index in [0.717, 1.165) is 42.3 Å². The molecule has 2 aromatic rings. The number of para-hydroxylation sites is 1. The fourth-order valence-electron chi connectivity index (χ4n) is 3.47. The number of fused-ring (bicyclic) bond motifs is 1. The van der Waals surface area contributed by atoms with Gasteiger partial charge in [0.1, 0.15) is 6.04 Å². The van der Waals surface area contributed by atoms with Gasteiger partial charge in [0.25, 0.3) is 0 Å². The summed E-state index contributed by atoms with van der Waals surface area (Å²) in [6.45, 7) is 3.95. The molecule has 1 saturated heterocycles. The fourth-order valence-corrected chi connectivity index (χ4v) is 3.47. The Morgan fingerprint density at radius 1 is 1.36 bits per heavy atom. The third-order valence-corrected chi connectivity index (χ3v) is 4.89. The van der Waals surface area contributed by atoms with Gasteiger partial charge in [-0.25, -0.2) is 0 Å². The fraction of sp³-hybridized carbons (Fsp3) is 0.524. The molecule has 0 aliphatic carbocycles. The van der Waals surface area contributed by atoms with Crippen molar-refractivity contribution in [1.29, 1.82) is 0 Å². The molecule has 1 aliphatic rings. The number of amides is 2. The van der Waals surface area contributed by atoms with Crippen LogP contribution in [0.25, 0.3) is 10.9 Å². The van der Waals surface area contributed by atoms with Crippen LogP contribution in [-0.4, -0.2) is 55.3 Å². The van der Waals surface area contributed by atoms with Crippen LogP contribution in [0.4, 0.5) is 0 Å². The summed E-state index contributed by atoms with van der Waals surface area (Å²) < 4.78 is 11.1. The second-order valence-corrected chi connectivity index (χ2v) is 7.17. The highest BCUT2D eigenvalue weighted by Crippen LogP contribution is 2.19. The SMILES string of the molecule is CC(=O)NC(Cc1c[nH]c2ccccc12)C(=O)NCCCOCC1CCCO1. The first-order valence-electron chi connectivity index (χ1n) is 9.92. The highest BCUT2D eigenvalue weighted by molar-refractivity contribution is 5.89. The van der Waals surface area contributed by atoms with E-state index in [-0.39, 0.29) is 17.9 Å². The van der Waals surface area contributed by atoms with Gasteiger partial charge in [0.2, 0.25) is 11.8 Å². The molecule has 152 valence electrons. The summed E-state index contributed by atoms with van der Waals surface area (Å²) in [7, 11) is 0. The number of carbonyl (C=O) groups is 2. The van der Waals surface area contributed by atoms with Crippen LogP contribution < -0.4 is 10.6 Å². The lowest BCUT2D eigenvalue weighted by Crippen LogP contribution is -2.47. The van der Waals surface area contributed by atoms with Crippen molar-refractivity contribution in [2.75, 3.05) is 26.4 Å². The zero-order chi connectivity index (χ0) is 19.8. The molecular formula is C21H29N3O4. The monoisotopic (exact) mass is 387 g/mol. The lowest BCUT2D eigenvalue weighted by molar-refractivity contribution is -0.128. The first kappa shape index (κ1) is 20.4. The molecular weight excluding hydrogens is 358 g/mol. The van der Waals surface area contributed by atoms with Gasteiger partial charge < -0.3 is 25.1 Å². The molecule has 1 aromatic carbocycles. The van der Waals surface area contributed by atoms with Crippen molar-refractivity contribution in [2.24, 2.45) is 0 Å². The third kappa shape index (κ3) is 5.81. The number of nitrogens with one attached hydrogen (secondary N) is 3. The molecule has 1 aromatic heterocycles. The van der Waals surface area contributed by atoms with Crippen LogP contribution in [0.15, 0.2) is 30.5 Å². The summed E-state index contributed by atoms with van der Waals surface area (Å²) in [6.07, 6.45) is 5.43. The molecule has 3 rings (SSSR count). The predicted molar refractivity (Wildman–Crippen MR) is 107 cm³/mol. The quantitative estimate of drug-likeness (QED) is 0.543. The number of carbonyl (C=O) groups excluding carboxylic acids is 2. The van der Waals surface area contributed by atoms with Gasteiger partial charge in [0.05, 0.1) is 12.7 Å². The second kappa shape index (κ2) is 10.2. The molecule has 28 heavy (non-hydrogen) atoms. The molecule has 2 amide bonds. The Balaban J connectivity index is 1.45. The number of rotatable bonds is 10. The standard InChI is InChI=1S/C21H29N3O4/c1-15(25)24-20(12-16-13-23-19-8-3-2-7-18(16)19)21(26)22-9-5-10-27-14-17-6-4-11-28-17/h2-3,7-8,13,17,20,23H,4-6,9-12,14H2,1H3,(H,22,26)(H,24,25). The van der Waals surface area contributed by atoms with Crippen molar-refractivity contribution in [2.45, 2.75) is 44.8 Å². The van der Waals surface area contributed by atoms with Crippen LogP contribution in [0.5, 0.6) is 0 Å². The first-order chi connectivity index (χ1) is 13.6. The van der Waals surface area contributed by atoms with Gasteiger partial charge in [-0.1, -0.05) is 18.2 Å². The maximum atomic E-state index is 12.6. The highest BCUT2D eigenvalue weighted by atomic mass is 16.5. The van der Waals surface area contributed by atoms with E-state index in [1.807, 2.05) is 30.5 Å². The third-order valence-electron chi connectivity index (χ3n) is 4.89. The van der Waals surface area contributed by atoms with E-state index in [1.165, 1.54) is 6.92 Å². The van der Waals surface area contributed by atoms with Crippen LogP contribution in [0.2, 0.25) is 0 Å². The molecule has 1 fully saturated rings. The smallest absolute Gasteiger partial charge is 0.242 e. The van der Waals surface area contributed by atoms with Crippen LogP contribution in [0.1, 0.15) is 31.7 Å². The summed E-state index contributed by atoms with van der Waals surface area (Å²) in [5, 5.41) is 6.72. The van der Waals surface area contributed by atoms with Gasteiger partial charge in [-0.05, 0) is 30.9 Å². The number of ether oxygens (including phenoxy) is 2. The molecule has 0 radical (unpaired) electrons. The molecule has 7 nitrogen and oxygen atoms in total. The molecule has 2 unspecified atom stereocenters. The van der Waals surface area contributed by atoms with Crippen molar-refractivity contribution in [3.8, 4) is 0 Å². The average Bonchev–Trinajstić information content (AvgIpc) is 3.34. The molecule has 3 N–H and O–H groups in total. The maximum Gasteiger partial charge on any atom is 0.242 e. The minimum Gasteiger partial charge on any atom is -0.379 e. The topological polar surface area (TPSA) is 92.5 Å². The van der Waals surface area contributed by atoms with Gasteiger partial charge >= 0.3 is 0 Å². The molecule has 0 saturated carbocycles. The van der Waals surface area contributed by atoms with Gasteiger partial charge in [-0.3, -0.25) is 9.59 Å². The highest BCUT2D eigenvalue weighted by Gasteiger charge is 2.21. The Kier molecular flexibility index (Phi) is 7.45. The van der Waals surface area contributed by atoms with E-state index in [9.17, 15) is 9.59 Å². The van der Waals surface area contributed by atoms with Gasteiger partial charge in [0.15, 0.2) is 0 Å². The molecule has 1 aliphatic heterocycles. The van der Waals surface area contributed by atoms with Gasteiger partial charge in [-0.2, -0.15) is 0 Å². The van der Waals surface area contributed by atoms with Gasteiger partial charge in [0, 0.05) is 50.2 Å². The Morgan fingerprint density at radius 2 is 2.21 bits per heavy atom. The van der Waals surface area contributed by atoms with E-state index in [0.29, 0.717) is 26.2 Å². The average molecular weight is 387 g/mol. The maximum absolute atomic E-state index is 12.6. The zero-order valence-corrected chi connectivity index (χ0v) is 16.3. The number of hydrogen-bond donors (Lipinski definition) is 3. The van der Waals surface area contributed by atoms with Crippen LogP contribution >= 0.6 is 0 Å². The van der Waals surface area contributed by atoms with Crippen molar-refractivity contribution >= 4 is 22.7 Å². The summed E-state index contributed by atoms with van der Waals surface area (Å²) in [5.41, 5.74) is 2.02. The van der Waals surface area contributed by atoms with E-state index in [1.54, 1.807) is 0 Å². The normalized spacial score (nSPS) is 17.5. The van der Waals surface area contributed by atoms with Crippen LogP contribution in [-0.2, 0) is 25.5 Å². The summed E-state index contributed by atoms with van der Waals surface area (Å²) in [4.78, 5) is 27.4. The lowest BCUT2D eigenvalue weighted by Gasteiger charge is -2.17. The molecule has 2 heterocycles. The van der Waals surface area contributed by atoms with E-state index in [2.05, 4.69) is 15.6 Å². The lowest BCUT2D eigenvalue weighted by atomic mass is 10.0. The van der Waals surface area contributed by atoms with Crippen molar-refractivity contribution in [1.82, 2.24) is 15.6 Å². The van der Waals surface area contributed by atoms with Crippen LogP contribution in [0, 0.1) is 0 Å². The number of aromatic amines is 1. The Labute approximate surface area is 165 Å². The van der Waals surface area contributed by atoms with E-state index < -0.39 is 6.04 Å². The number of aromatic nitrogens is 1. The minimum absolute atomic E-state index is 0.181. The molecule has 0 spiro atoms. The molecule has 2 atom stereocenters. The summed E-state index contributed by atoms with van der Waals surface area (Å²) >= 11 is 0. The van der Waals surface area contributed by atoms with E-state index in [4.69, 9.17) is 9.47 Å². The molecule has 7 heteroatoms. The Bertz CT molecular complexity index is 783. The molecule has 0 bridgehead atoms. The minimum atomic E-state index is -0.607. The zero-order valence-electron chi connectivity index (χ0n) is 16.3.